The lowest BCUT2D eigenvalue weighted by atomic mass is 9.84. The van der Waals surface area contributed by atoms with Gasteiger partial charge in [-0.05, 0) is 23.1 Å². The average Bonchev–Trinajstić information content (AvgIpc) is 2.41. The van der Waals surface area contributed by atoms with E-state index in [9.17, 15) is 9.59 Å². The molecule has 1 aromatic rings. The molecule has 4 heteroatoms. The summed E-state index contributed by atoms with van der Waals surface area (Å²) in [7, 11) is 1.34. The van der Waals surface area contributed by atoms with Crippen LogP contribution in [-0.2, 0) is 9.53 Å². The van der Waals surface area contributed by atoms with Gasteiger partial charge in [0.1, 0.15) is 0 Å². The maximum absolute atomic E-state index is 12.0. The third-order valence-corrected chi connectivity index (χ3v) is 3.25. The molecule has 0 bridgehead atoms. The van der Waals surface area contributed by atoms with Crippen LogP contribution < -0.4 is 5.32 Å². The van der Waals surface area contributed by atoms with E-state index in [1.54, 1.807) is 6.07 Å². The Labute approximate surface area is 112 Å². The molecule has 0 aromatic heterocycles. The third-order valence-electron chi connectivity index (χ3n) is 3.25. The summed E-state index contributed by atoms with van der Waals surface area (Å²) in [6.45, 7) is 4.01. The van der Waals surface area contributed by atoms with E-state index in [0.29, 0.717) is 5.56 Å². The number of carbonyl (C=O) groups is 2. The minimum Gasteiger partial charge on any atom is -0.466 e. The second kappa shape index (κ2) is 5.26. The highest BCUT2D eigenvalue weighted by molar-refractivity contribution is 6.06. The van der Waals surface area contributed by atoms with Crippen molar-refractivity contribution in [2.75, 3.05) is 7.11 Å². The van der Waals surface area contributed by atoms with E-state index in [2.05, 4.69) is 5.32 Å². The van der Waals surface area contributed by atoms with Gasteiger partial charge >= 0.3 is 5.97 Å². The van der Waals surface area contributed by atoms with E-state index in [1.165, 1.54) is 13.2 Å². The molecule has 1 atom stereocenters. The Morgan fingerprint density at radius 1 is 1.32 bits per heavy atom. The Balaban J connectivity index is 2.57. The predicted octanol–water partition coefficient (Wildman–Crippen LogP) is 2.01. The summed E-state index contributed by atoms with van der Waals surface area (Å²) >= 11 is 0. The van der Waals surface area contributed by atoms with Crippen molar-refractivity contribution in [3.63, 3.8) is 0 Å². The van der Waals surface area contributed by atoms with Gasteiger partial charge in [0.05, 0.1) is 13.2 Å². The Morgan fingerprint density at radius 2 is 1.95 bits per heavy atom. The molecular formula is C15H17NO3. The van der Waals surface area contributed by atoms with E-state index >= 15 is 0 Å². The number of amides is 1. The number of carbonyl (C=O) groups excluding carboxylic acids is 2. The lowest BCUT2D eigenvalue weighted by Gasteiger charge is -2.31. The first-order valence-electron chi connectivity index (χ1n) is 6.24. The monoisotopic (exact) mass is 259 g/mol. The standard InChI is InChI=1S/C15H17NO3/c1-9(2)14-12(8-13(17)19-3)10-6-4-5-7-11(10)15(18)16-14/h4-9,14H,1-3H3,(H,16,18)/t14-/m0/s1. The van der Waals surface area contributed by atoms with Crippen LogP contribution in [0.15, 0.2) is 30.3 Å². The molecule has 0 aliphatic carbocycles. The van der Waals surface area contributed by atoms with E-state index in [-0.39, 0.29) is 17.9 Å². The van der Waals surface area contributed by atoms with Crippen LogP contribution in [0.4, 0.5) is 0 Å². The molecule has 19 heavy (non-hydrogen) atoms. The van der Waals surface area contributed by atoms with Crippen LogP contribution >= 0.6 is 0 Å². The number of esters is 1. The topological polar surface area (TPSA) is 55.4 Å². The van der Waals surface area contributed by atoms with Gasteiger partial charge in [-0.1, -0.05) is 32.0 Å². The second-order valence-corrected chi connectivity index (χ2v) is 4.86. The van der Waals surface area contributed by atoms with Gasteiger partial charge in [0.2, 0.25) is 0 Å². The van der Waals surface area contributed by atoms with Crippen LogP contribution in [0.5, 0.6) is 0 Å². The average molecular weight is 259 g/mol. The maximum atomic E-state index is 12.0. The molecule has 0 spiro atoms. The molecule has 1 N–H and O–H groups in total. The van der Waals surface area contributed by atoms with Crippen molar-refractivity contribution < 1.29 is 14.3 Å². The van der Waals surface area contributed by atoms with Crippen molar-refractivity contribution in [1.29, 1.82) is 0 Å². The van der Waals surface area contributed by atoms with E-state index in [4.69, 9.17) is 4.74 Å². The summed E-state index contributed by atoms with van der Waals surface area (Å²) in [5, 5.41) is 2.94. The molecule has 1 heterocycles. The Morgan fingerprint density at radius 3 is 2.53 bits per heavy atom. The van der Waals surface area contributed by atoms with Crippen LogP contribution in [0, 0.1) is 5.92 Å². The van der Waals surface area contributed by atoms with E-state index in [0.717, 1.165) is 11.1 Å². The normalized spacial score (nSPS) is 20.1. The zero-order valence-corrected chi connectivity index (χ0v) is 11.3. The lowest BCUT2D eigenvalue weighted by Crippen LogP contribution is -2.43. The molecule has 100 valence electrons. The largest absolute Gasteiger partial charge is 0.466 e. The second-order valence-electron chi connectivity index (χ2n) is 4.86. The van der Waals surface area contributed by atoms with Crippen molar-refractivity contribution in [2.45, 2.75) is 19.9 Å². The first-order chi connectivity index (χ1) is 9.04. The van der Waals surface area contributed by atoms with Gasteiger partial charge in [0, 0.05) is 11.6 Å². The van der Waals surface area contributed by atoms with Crippen LogP contribution in [0.25, 0.3) is 5.57 Å². The van der Waals surface area contributed by atoms with Crippen molar-refractivity contribution in [3.05, 3.63) is 41.5 Å². The van der Waals surface area contributed by atoms with Gasteiger partial charge in [0.15, 0.2) is 0 Å². The van der Waals surface area contributed by atoms with Gasteiger partial charge in [0.25, 0.3) is 5.91 Å². The number of nitrogens with one attached hydrogen (secondary N) is 1. The number of ether oxygens (including phenoxy) is 1. The fourth-order valence-corrected chi connectivity index (χ4v) is 2.28. The predicted molar refractivity (Wildman–Crippen MR) is 72.5 cm³/mol. The molecule has 0 unspecified atom stereocenters. The summed E-state index contributed by atoms with van der Waals surface area (Å²) in [6, 6.07) is 7.11. The Hall–Kier alpha value is -2.10. The van der Waals surface area contributed by atoms with Gasteiger partial charge in [-0.3, -0.25) is 4.79 Å². The molecule has 0 saturated carbocycles. The number of rotatable bonds is 2. The SMILES string of the molecule is COC(=O)C=C1c2ccccc2C(=O)N[C@H]1C(C)C. The number of fused-ring (bicyclic) bond motifs is 1. The molecule has 0 saturated heterocycles. The number of benzene rings is 1. The minimum absolute atomic E-state index is 0.101. The highest BCUT2D eigenvalue weighted by Crippen LogP contribution is 2.30. The van der Waals surface area contributed by atoms with Crippen molar-refractivity contribution in [2.24, 2.45) is 5.92 Å². The zero-order valence-electron chi connectivity index (χ0n) is 11.3. The lowest BCUT2D eigenvalue weighted by molar-refractivity contribution is -0.134. The first-order valence-corrected chi connectivity index (χ1v) is 6.24. The van der Waals surface area contributed by atoms with Crippen LogP contribution in [0.2, 0.25) is 0 Å². The van der Waals surface area contributed by atoms with Gasteiger partial charge in [-0.25, -0.2) is 4.79 Å². The minimum atomic E-state index is -0.411. The van der Waals surface area contributed by atoms with Crippen LogP contribution in [0.1, 0.15) is 29.8 Å². The smallest absolute Gasteiger partial charge is 0.330 e. The van der Waals surface area contributed by atoms with Gasteiger partial charge in [-0.2, -0.15) is 0 Å². The molecular weight excluding hydrogens is 242 g/mol. The number of hydrogen-bond acceptors (Lipinski definition) is 3. The first kappa shape index (κ1) is 13.3. The van der Waals surface area contributed by atoms with Crippen molar-refractivity contribution >= 4 is 17.4 Å². The van der Waals surface area contributed by atoms with Crippen molar-refractivity contribution in [1.82, 2.24) is 5.32 Å². The van der Waals surface area contributed by atoms with Crippen LogP contribution in [-0.4, -0.2) is 25.0 Å². The summed E-state index contributed by atoms with van der Waals surface area (Å²) in [6.07, 6.45) is 1.46. The van der Waals surface area contributed by atoms with Crippen LogP contribution in [0.3, 0.4) is 0 Å². The van der Waals surface area contributed by atoms with Gasteiger partial charge in [-0.15, -0.1) is 0 Å². The van der Waals surface area contributed by atoms with E-state index in [1.807, 2.05) is 32.0 Å². The molecule has 0 radical (unpaired) electrons. The molecule has 1 aromatic carbocycles. The zero-order chi connectivity index (χ0) is 14.0. The molecule has 1 aliphatic heterocycles. The fourth-order valence-electron chi connectivity index (χ4n) is 2.28. The fraction of sp³-hybridized carbons (Fsp3) is 0.333. The highest BCUT2D eigenvalue weighted by atomic mass is 16.5. The molecule has 0 fully saturated rings. The summed E-state index contributed by atoms with van der Waals surface area (Å²) in [5.41, 5.74) is 2.20. The third kappa shape index (κ3) is 2.52. The molecule has 2 rings (SSSR count). The molecule has 4 nitrogen and oxygen atoms in total. The molecule has 1 aliphatic rings. The quantitative estimate of drug-likeness (QED) is 0.653. The Bertz CT molecular complexity index is 546. The summed E-state index contributed by atoms with van der Waals surface area (Å²) in [5.74, 6) is -0.323. The Kier molecular flexibility index (Phi) is 3.69. The highest BCUT2D eigenvalue weighted by Gasteiger charge is 2.30. The molecule has 1 amide bonds. The number of hydrogen-bond donors (Lipinski definition) is 1. The maximum Gasteiger partial charge on any atom is 0.330 e. The van der Waals surface area contributed by atoms with E-state index < -0.39 is 5.97 Å². The van der Waals surface area contributed by atoms with Gasteiger partial charge < -0.3 is 10.1 Å². The number of methoxy groups -OCH3 is 1. The van der Waals surface area contributed by atoms with Crippen molar-refractivity contribution in [3.8, 4) is 0 Å². The summed E-state index contributed by atoms with van der Waals surface area (Å²) < 4.78 is 4.69. The summed E-state index contributed by atoms with van der Waals surface area (Å²) in [4.78, 5) is 23.6.